The standard InChI is InChI=1S/C17H32N2O4/c1-16(2,3)23-15(21)19-12-11-7-6-8-22-14(11)13(12)18-9-17(4,5)10-20/h11-14,18,20H,6-10H2,1-5H3,(H,19,21). The lowest BCUT2D eigenvalue weighted by Gasteiger charge is -2.54. The van der Waals surface area contributed by atoms with Gasteiger partial charge in [-0.05, 0) is 33.6 Å². The van der Waals surface area contributed by atoms with Crippen molar-refractivity contribution >= 4 is 6.09 Å². The monoisotopic (exact) mass is 328 g/mol. The van der Waals surface area contributed by atoms with E-state index >= 15 is 0 Å². The number of aliphatic hydroxyl groups is 1. The molecule has 6 heteroatoms. The van der Waals surface area contributed by atoms with Crippen LogP contribution in [0, 0.1) is 11.3 Å². The summed E-state index contributed by atoms with van der Waals surface area (Å²) in [5.74, 6) is 0.339. The molecular formula is C17H32N2O4. The van der Waals surface area contributed by atoms with Crippen LogP contribution in [0.25, 0.3) is 0 Å². The van der Waals surface area contributed by atoms with Gasteiger partial charge in [0.15, 0.2) is 0 Å². The van der Waals surface area contributed by atoms with E-state index in [1.807, 2.05) is 34.6 Å². The van der Waals surface area contributed by atoms with E-state index in [2.05, 4.69) is 10.6 Å². The molecule has 23 heavy (non-hydrogen) atoms. The van der Waals surface area contributed by atoms with Gasteiger partial charge in [-0.2, -0.15) is 0 Å². The molecule has 4 unspecified atom stereocenters. The number of fused-ring (bicyclic) bond motifs is 1. The Labute approximate surface area is 139 Å². The van der Waals surface area contributed by atoms with Crippen molar-refractivity contribution in [2.24, 2.45) is 11.3 Å². The molecule has 1 saturated heterocycles. The lowest BCUT2D eigenvalue weighted by Crippen LogP contribution is -2.73. The van der Waals surface area contributed by atoms with E-state index in [1.165, 1.54) is 0 Å². The number of aliphatic hydroxyl groups excluding tert-OH is 1. The molecule has 0 aromatic carbocycles. The van der Waals surface area contributed by atoms with E-state index in [1.54, 1.807) is 0 Å². The Balaban J connectivity index is 1.95. The summed E-state index contributed by atoms with van der Waals surface area (Å²) in [6.45, 7) is 11.2. The SMILES string of the molecule is CC(C)(CO)CNC1C(NC(=O)OC(C)(C)C)C2CCCOC21. The second-order valence-electron chi connectivity index (χ2n) is 8.54. The van der Waals surface area contributed by atoms with Gasteiger partial charge in [0.05, 0.1) is 18.2 Å². The highest BCUT2D eigenvalue weighted by molar-refractivity contribution is 5.68. The van der Waals surface area contributed by atoms with Crippen molar-refractivity contribution in [3.63, 3.8) is 0 Å². The predicted molar refractivity (Wildman–Crippen MR) is 88.3 cm³/mol. The van der Waals surface area contributed by atoms with Gasteiger partial charge in [0, 0.05) is 31.1 Å². The van der Waals surface area contributed by atoms with Gasteiger partial charge in [0.25, 0.3) is 0 Å². The number of carbonyl (C=O) groups is 1. The number of rotatable bonds is 5. The topological polar surface area (TPSA) is 79.8 Å². The summed E-state index contributed by atoms with van der Waals surface area (Å²) in [6, 6.07) is 0.0864. The molecular weight excluding hydrogens is 296 g/mol. The second-order valence-corrected chi connectivity index (χ2v) is 8.54. The van der Waals surface area contributed by atoms with E-state index in [0.717, 1.165) is 19.4 Å². The summed E-state index contributed by atoms with van der Waals surface area (Å²) >= 11 is 0. The first-order valence-corrected chi connectivity index (χ1v) is 8.58. The van der Waals surface area contributed by atoms with E-state index in [9.17, 15) is 9.90 Å². The molecule has 0 radical (unpaired) electrons. The molecule has 0 aromatic heterocycles. The molecule has 1 heterocycles. The molecule has 1 aliphatic heterocycles. The molecule has 1 amide bonds. The van der Waals surface area contributed by atoms with Crippen LogP contribution < -0.4 is 10.6 Å². The Hall–Kier alpha value is -0.850. The number of alkyl carbamates (subject to hydrolysis) is 1. The number of nitrogens with one attached hydrogen (secondary N) is 2. The quantitative estimate of drug-likeness (QED) is 0.715. The Morgan fingerprint density at radius 2 is 1.96 bits per heavy atom. The van der Waals surface area contributed by atoms with Crippen LogP contribution in [0.1, 0.15) is 47.5 Å². The first kappa shape index (κ1) is 18.5. The fraction of sp³-hybridized carbons (Fsp3) is 0.941. The third-order valence-electron chi connectivity index (χ3n) is 4.54. The third-order valence-corrected chi connectivity index (χ3v) is 4.54. The van der Waals surface area contributed by atoms with Gasteiger partial charge >= 0.3 is 6.09 Å². The normalized spacial score (nSPS) is 31.0. The van der Waals surface area contributed by atoms with Crippen molar-refractivity contribution in [3.8, 4) is 0 Å². The molecule has 0 aromatic rings. The summed E-state index contributed by atoms with van der Waals surface area (Å²) in [6.07, 6.45) is 1.85. The lowest BCUT2D eigenvalue weighted by atomic mass is 9.68. The molecule has 4 atom stereocenters. The zero-order valence-electron chi connectivity index (χ0n) is 15.0. The van der Waals surface area contributed by atoms with Crippen LogP contribution in [0.5, 0.6) is 0 Å². The van der Waals surface area contributed by atoms with Crippen LogP contribution in [0.4, 0.5) is 4.79 Å². The van der Waals surface area contributed by atoms with Crippen molar-refractivity contribution < 1.29 is 19.4 Å². The molecule has 1 aliphatic carbocycles. The second kappa shape index (κ2) is 6.95. The van der Waals surface area contributed by atoms with Crippen molar-refractivity contribution in [2.75, 3.05) is 19.8 Å². The summed E-state index contributed by atoms with van der Waals surface area (Å²) in [4.78, 5) is 12.1. The largest absolute Gasteiger partial charge is 0.444 e. The van der Waals surface area contributed by atoms with Crippen LogP contribution in [0.15, 0.2) is 0 Å². The molecule has 2 rings (SSSR count). The van der Waals surface area contributed by atoms with Crippen molar-refractivity contribution in [1.82, 2.24) is 10.6 Å². The fourth-order valence-electron chi connectivity index (χ4n) is 3.24. The molecule has 3 N–H and O–H groups in total. The van der Waals surface area contributed by atoms with Crippen LogP contribution in [-0.4, -0.2) is 54.7 Å². The lowest BCUT2D eigenvalue weighted by molar-refractivity contribution is -0.129. The maximum Gasteiger partial charge on any atom is 0.407 e. The average Bonchev–Trinajstić information content (AvgIpc) is 2.43. The molecule has 2 fully saturated rings. The van der Waals surface area contributed by atoms with E-state index in [4.69, 9.17) is 9.47 Å². The smallest absolute Gasteiger partial charge is 0.407 e. The molecule has 134 valence electrons. The summed E-state index contributed by atoms with van der Waals surface area (Å²) < 4.78 is 11.3. The molecule has 0 spiro atoms. The minimum Gasteiger partial charge on any atom is -0.444 e. The number of ether oxygens (including phenoxy) is 2. The van der Waals surface area contributed by atoms with Gasteiger partial charge < -0.3 is 25.2 Å². The Bertz CT molecular complexity index is 419. The molecule has 6 nitrogen and oxygen atoms in total. The molecule has 0 bridgehead atoms. The van der Waals surface area contributed by atoms with Gasteiger partial charge in [-0.15, -0.1) is 0 Å². The first-order valence-electron chi connectivity index (χ1n) is 8.58. The van der Waals surface area contributed by atoms with E-state index in [-0.39, 0.29) is 36.3 Å². The van der Waals surface area contributed by atoms with Gasteiger partial charge in [0.1, 0.15) is 5.60 Å². The maximum atomic E-state index is 12.1. The van der Waals surface area contributed by atoms with Crippen molar-refractivity contribution in [2.45, 2.75) is 71.2 Å². The van der Waals surface area contributed by atoms with Crippen molar-refractivity contribution in [3.05, 3.63) is 0 Å². The van der Waals surface area contributed by atoms with E-state index in [0.29, 0.717) is 12.5 Å². The predicted octanol–water partition coefficient (Wildman–Crippen LogP) is 1.67. The minimum absolute atomic E-state index is 0.0182. The maximum absolute atomic E-state index is 12.1. The van der Waals surface area contributed by atoms with Gasteiger partial charge in [-0.1, -0.05) is 13.8 Å². The molecule has 1 saturated carbocycles. The third kappa shape index (κ3) is 4.81. The number of carbonyl (C=O) groups excluding carboxylic acids is 1. The minimum atomic E-state index is -0.502. The van der Waals surface area contributed by atoms with Crippen LogP contribution in [-0.2, 0) is 9.47 Å². The molecule has 2 aliphatic rings. The summed E-state index contributed by atoms with van der Waals surface area (Å²) in [5, 5.41) is 15.9. The fourth-order valence-corrected chi connectivity index (χ4v) is 3.24. The summed E-state index contributed by atoms with van der Waals surface area (Å²) in [5.41, 5.74) is -0.700. The van der Waals surface area contributed by atoms with Crippen LogP contribution in [0.2, 0.25) is 0 Å². The van der Waals surface area contributed by atoms with Crippen LogP contribution >= 0.6 is 0 Å². The first-order chi connectivity index (χ1) is 10.6. The van der Waals surface area contributed by atoms with Crippen molar-refractivity contribution in [1.29, 1.82) is 0 Å². The highest BCUT2D eigenvalue weighted by Gasteiger charge is 2.53. The Kier molecular flexibility index (Phi) is 5.59. The number of hydrogen-bond donors (Lipinski definition) is 3. The zero-order chi connectivity index (χ0) is 17.3. The highest BCUT2D eigenvalue weighted by atomic mass is 16.6. The summed E-state index contributed by atoms with van der Waals surface area (Å²) in [7, 11) is 0. The number of hydrogen-bond acceptors (Lipinski definition) is 5. The van der Waals surface area contributed by atoms with Gasteiger partial charge in [-0.3, -0.25) is 0 Å². The van der Waals surface area contributed by atoms with Gasteiger partial charge in [-0.25, -0.2) is 4.79 Å². The number of amides is 1. The Morgan fingerprint density at radius 1 is 1.26 bits per heavy atom. The van der Waals surface area contributed by atoms with Gasteiger partial charge in [0.2, 0.25) is 0 Å². The Morgan fingerprint density at radius 3 is 2.57 bits per heavy atom. The average molecular weight is 328 g/mol. The highest BCUT2D eigenvalue weighted by Crippen LogP contribution is 2.38. The zero-order valence-corrected chi connectivity index (χ0v) is 15.0. The van der Waals surface area contributed by atoms with E-state index < -0.39 is 5.60 Å². The van der Waals surface area contributed by atoms with Crippen LogP contribution in [0.3, 0.4) is 0 Å².